The highest BCUT2D eigenvalue weighted by atomic mass is 35.5. The lowest BCUT2D eigenvalue weighted by molar-refractivity contribution is 0.138. The third-order valence-electron chi connectivity index (χ3n) is 1.42. The molecule has 68 valence electrons. The van der Waals surface area contributed by atoms with Crippen LogP contribution in [0.3, 0.4) is 0 Å². The molecular weight excluding hydrogens is 265 g/mol. The van der Waals surface area contributed by atoms with Gasteiger partial charge in [0.2, 0.25) is 5.06 Å². The van der Waals surface area contributed by atoms with Crippen LogP contribution < -0.4 is 0 Å². The van der Waals surface area contributed by atoms with Crippen LogP contribution in [0.5, 0.6) is 0 Å². The van der Waals surface area contributed by atoms with Gasteiger partial charge in [-0.2, -0.15) is 0 Å². The first kappa shape index (κ1) is 11.0. The number of hydrogen-bond acceptors (Lipinski definition) is 1. The Bertz CT molecular complexity index is 256. The number of ether oxygens (including phenoxy) is 1. The second-order valence-corrected chi connectivity index (χ2v) is 4.10. The largest absolute Gasteiger partial charge is 0.353 e. The summed E-state index contributed by atoms with van der Waals surface area (Å²) in [4.78, 5) is 0. The lowest BCUT2D eigenvalue weighted by atomic mass is 10.4. The van der Waals surface area contributed by atoms with Crippen LogP contribution >= 0.6 is 58.0 Å². The molecule has 0 spiro atoms. The van der Waals surface area contributed by atoms with Gasteiger partial charge in [-0.15, -0.1) is 0 Å². The number of methoxy groups -OCH3 is 1. The van der Waals surface area contributed by atoms with Crippen molar-refractivity contribution in [1.82, 2.24) is 0 Å². The number of allylic oxidation sites excluding steroid dienone is 2. The summed E-state index contributed by atoms with van der Waals surface area (Å²) in [5.41, 5.74) is 0. The fraction of sp³-hybridized carbons (Fsp3) is 0.333. The third kappa shape index (κ3) is 1.37. The van der Waals surface area contributed by atoms with E-state index in [9.17, 15) is 0 Å². The number of rotatable bonds is 1. The van der Waals surface area contributed by atoms with Crippen molar-refractivity contribution in [3.63, 3.8) is 0 Å². The Hall–Kier alpha value is 0.890. The molecule has 0 aromatic carbocycles. The van der Waals surface area contributed by atoms with Crippen LogP contribution in [0.2, 0.25) is 0 Å². The Morgan fingerprint density at radius 3 is 1.50 bits per heavy atom. The van der Waals surface area contributed by atoms with E-state index < -0.39 is 5.06 Å². The Balaban J connectivity index is 3.25. The molecule has 0 unspecified atom stereocenters. The molecule has 12 heavy (non-hydrogen) atoms. The van der Waals surface area contributed by atoms with Gasteiger partial charge in [0.25, 0.3) is 0 Å². The molecule has 0 atom stereocenters. The predicted molar refractivity (Wildman–Crippen MR) is 53.1 cm³/mol. The maximum atomic E-state index is 5.87. The molecular formula is C6H3Cl5O. The molecule has 0 aromatic heterocycles. The Kier molecular flexibility index (Phi) is 3.26. The van der Waals surface area contributed by atoms with Crippen molar-refractivity contribution in [2.24, 2.45) is 0 Å². The van der Waals surface area contributed by atoms with Crippen LogP contribution in [0.1, 0.15) is 0 Å². The molecule has 0 amide bonds. The van der Waals surface area contributed by atoms with Gasteiger partial charge >= 0.3 is 0 Å². The minimum atomic E-state index is -1.41. The van der Waals surface area contributed by atoms with Crippen molar-refractivity contribution in [3.8, 4) is 0 Å². The van der Waals surface area contributed by atoms with Gasteiger partial charge in [-0.25, -0.2) is 0 Å². The first-order chi connectivity index (χ1) is 5.45. The summed E-state index contributed by atoms with van der Waals surface area (Å²) in [5, 5.41) is -0.982. The number of halogens is 5. The van der Waals surface area contributed by atoms with E-state index in [1.165, 1.54) is 7.11 Å². The molecule has 1 aliphatic carbocycles. The molecule has 0 aliphatic heterocycles. The molecule has 0 fully saturated rings. The summed E-state index contributed by atoms with van der Waals surface area (Å²) in [6.07, 6.45) is 0. The summed E-state index contributed by atoms with van der Waals surface area (Å²) in [7, 11) is 1.36. The van der Waals surface area contributed by atoms with Crippen LogP contribution in [-0.2, 0) is 4.74 Å². The van der Waals surface area contributed by atoms with E-state index in [2.05, 4.69) is 0 Å². The second-order valence-electron chi connectivity index (χ2n) is 2.06. The van der Waals surface area contributed by atoms with Crippen molar-refractivity contribution in [3.05, 3.63) is 20.1 Å². The standard InChI is InChI=1S/C6H3Cl5O/c1-12-6(11)4(9)2(7)3(8)5(6)10/h1H3. The highest BCUT2D eigenvalue weighted by molar-refractivity contribution is 6.57. The maximum Gasteiger partial charge on any atom is 0.217 e. The van der Waals surface area contributed by atoms with E-state index in [-0.39, 0.29) is 20.1 Å². The summed E-state index contributed by atoms with van der Waals surface area (Å²) >= 11 is 28.7. The molecule has 0 aromatic rings. The SMILES string of the molecule is COC1(Cl)C(Cl)=C(Cl)C(Cl)=C1Cl. The summed E-state index contributed by atoms with van der Waals surface area (Å²) in [6, 6.07) is 0. The van der Waals surface area contributed by atoms with Crippen molar-refractivity contribution < 1.29 is 4.74 Å². The van der Waals surface area contributed by atoms with Gasteiger partial charge in [-0.05, 0) is 0 Å². The smallest absolute Gasteiger partial charge is 0.217 e. The molecule has 0 radical (unpaired) electrons. The molecule has 0 N–H and O–H groups in total. The molecule has 1 aliphatic rings. The lowest BCUT2D eigenvalue weighted by Crippen LogP contribution is -2.22. The van der Waals surface area contributed by atoms with E-state index in [1.807, 2.05) is 0 Å². The highest BCUT2D eigenvalue weighted by Crippen LogP contribution is 2.51. The van der Waals surface area contributed by atoms with E-state index in [0.29, 0.717) is 0 Å². The Morgan fingerprint density at radius 1 is 1.00 bits per heavy atom. The van der Waals surface area contributed by atoms with Crippen molar-refractivity contribution in [2.45, 2.75) is 5.06 Å². The molecule has 0 bridgehead atoms. The van der Waals surface area contributed by atoms with Crippen LogP contribution in [0.15, 0.2) is 20.1 Å². The van der Waals surface area contributed by atoms with Gasteiger partial charge in [0.1, 0.15) is 0 Å². The zero-order valence-electron chi connectivity index (χ0n) is 5.80. The van der Waals surface area contributed by atoms with Crippen molar-refractivity contribution >= 4 is 58.0 Å². The van der Waals surface area contributed by atoms with Gasteiger partial charge in [0.15, 0.2) is 0 Å². The summed E-state index contributed by atoms with van der Waals surface area (Å²) in [6.45, 7) is 0. The molecule has 0 heterocycles. The fourth-order valence-electron chi connectivity index (χ4n) is 0.751. The van der Waals surface area contributed by atoms with Gasteiger partial charge in [-0.1, -0.05) is 58.0 Å². The topological polar surface area (TPSA) is 9.23 Å². The van der Waals surface area contributed by atoms with E-state index in [0.717, 1.165) is 0 Å². The summed E-state index contributed by atoms with van der Waals surface area (Å²) in [5.74, 6) is 0. The number of alkyl halides is 1. The minimum absolute atomic E-state index is 0.0864. The predicted octanol–water partition coefficient (Wildman–Crippen LogP) is 3.96. The van der Waals surface area contributed by atoms with Gasteiger partial charge in [0, 0.05) is 7.11 Å². The average molecular weight is 268 g/mol. The third-order valence-corrected chi connectivity index (χ3v) is 4.11. The van der Waals surface area contributed by atoms with Crippen LogP contribution in [-0.4, -0.2) is 12.2 Å². The summed E-state index contributed by atoms with van der Waals surface area (Å²) < 4.78 is 4.88. The normalized spacial score (nSPS) is 22.5. The van der Waals surface area contributed by atoms with Crippen LogP contribution in [0.4, 0.5) is 0 Å². The van der Waals surface area contributed by atoms with Crippen LogP contribution in [0.25, 0.3) is 0 Å². The molecule has 0 saturated carbocycles. The first-order valence-electron chi connectivity index (χ1n) is 2.81. The fourth-order valence-corrected chi connectivity index (χ4v) is 2.17. The van der Waals surface area contributed by atoms with Gasteiger partial charge in [-0.3, -0.25) is 0 Å². The van der Waals surface area contributed by atoms with Crippen molar-refractivity contribution in [2.75, 3.05) is 7.11 Å². The Morgan fingerprint density at radius 2 is 1.33 bits per heavy atom. The molecule has 1 rings (SSSR count). The van der Waals surface area contributed by atoms with E-state index in [4.69, 9.17) is 62.7 Å². The number of hydrogen-bond donors (Lipinski definition) is 0. The zero-order valence-corrected chi connectivity index (χ0v) is 9.58. The maximum absolute atomic E-state index is 5.87. The van der Waals surface area contributed by atoms with Gasteiger partial charge < -0.3 is 4.74 Å². The first-order valence-corrected chi connectivity index (χ1v) is 4.70. The quantitative estimate of drug-likeness (QED) is 0.654. The minimum Gasteiger partial charge on any atom is -0.353 e. The molecule has 1 nitrogen and oxygen atoms in total. The van der Waals surface area contributed by atoms with E-state index >= 15 is 0 Å². The van der Waals surface area contributed by atoms with Crippen LogP contribution in [0, 0.1) is 0 Å². The van der Waals surface area contributed by atoms with E-state index in [1.54, 1.807) is 0 Å². The Labute approximate surface area is 94.8 Å². The van der Waals surface area contributed by atoms with Gasteiger partial charge in [0.05, 0.1) is 20.1 Å². The molecule has 6 heteroatoms. The second kappa shape index (κ2) is 3.56. The average Bonchev–Trinajstić information content (AvgIpc) is 2.22. The molecule has 0 saturated heterocycles. The lowest BCUT2D eigenvalue weighted by Gasteiger charge is -2.19. The van der Waals surface area contributed by atoms with Crippen molar-refractivity contribution in [1.29, 1.82) is 0 Å². The highest BCUT2D eigenvalue weighted by Gasteiger charge is 2.44. The monoisotopic (exact) mass is 266 g/mol. The zero-order chi connectivity index (χ0) is 9.52.